The van der Waals surface area contributed by atoms with Crippen molar-refractivity contribution in [2.75, 3.05) is 12.4 Å². The van der Waals surface area contributed by atoms with Crippen LogP contribution in [0.1, 0.15) is 12.0 Å². The number of hydrogen-bond donors (Lipinski definition) is 1. The van der Waals surface area contributed by atoms with E-state index in [1.165, 1.54) is 12.0 Å². The number of benzene rings is 2. The van der Waals surface area contributed by atoms with E-state index < -0.39 is 11.9 Å². The number of likely N-dealkylation sites (tertiary alicyclic amines) is 1. The van der Waals surface area contributed by atoms with Gasteiger partial charge in [-0.3, -0.25) is 19.3 Å². The molecule has 0 unspecified atom stereocenters. The summed E-state index contributed by atoms with van der Waals surface area (Å²) in [6.45, 7) is 0. The first-order valence-electron chi connectivity index (χ1n) is 11.7. The van der Waals surface area contributed by atoms with Gasteiger partial charge in [0.05, 0.1) is 24.6 Å². The van der Waals surface area contributed by atoms with Gasteiger partial charge in [0.1, 0.15) is 11.8 Å². The average Bonchev–Trinajstić information content (AvgIpc) is 3.62. The van der Waals surface area contributed by atoms with Crippen LogP contribution < -0.4 is 10.1 Å². The minimum atomic E-state index is -0.965. The number of allylic oxidation sites excluding steroid dienone is 2. The minimum Gasteiger partial charge on any atom is -0.495 e. The second-order valence-electron chi connectivity index (χ2n) is 9.74. The van der Waals surface area contributed by atoms with E-state index >= 15 is 0 Å². The molecular formula is C27H25ClN2O4. The van der Waals surface area contributed by atoms with Gasteiger partial charge in [-0.1, -0.05) is 54.1 Å². The molecule has 0 spiro atoms. The molecule has 4 aliphatic carbocycles. The molecule has 0 radical (unpaired) electrons. The van der Waals surface area contributed by atoms with Crippen molar-refractivity contribution < 1.29 is 19.1 Å². The molecule has 1 heterocycles. The monoisotopic (exact) mass is 476 g/mol. The van der Waals surface area contributed by atoms with Gasteiger partial charge in [0, 0.05) is 11.4 Å². The molecule has 0 aromatic heterocycles. The smallest absolute Gasteiger partial charge is 0.248 e. The largest absolute Gasteiger partial charge is 0.495 e. The van der Waals surface area contributed by atoms with Crippen molar-refractivity contribution >= 4 is 35.0 Å². The fourth-order valence-corrected chi connectivity index (χ4v) is 6.59. The van der Waals surface area contributed by atoms with Crippen molar-refractivity contribution in [3.8, 4) is 5.75 Å². The minimum absolute atomic E-state index is 0.106. The molecule has 7 atom stereocenters. The van der Waals surface area contributed by atoms with Crippen LogP contribution in [0.3, 0.4) is 0 Å². The lowest BCUT2D eigenvalue weighted by molar-refractivity contribution is -0.146. The Morgan fingerprint density at radius 1 is 1.06 bits per heavy atom. The number of anilines is 1. The molecule has 2 saturated carbocycles. The molecule has 1 N–H and O–H groups in total. The first-order valence-corrected chi connectivity index (χ1v) is 12.1. The Hall–Kier alpha value is -3.12. The number of ether oxygens (including phenoxy) is 1. The van der Waals surface area contributed by atoms with Crippen LogP contribution in [0.2, 0.25) is 5.02 Å². The maximum absolute atomic E-state index is 13.7. The lowest BCUT2D eigenvalue weighted by atomic mass is 9.63. The van der Waals surface area contributed by atoms with Crippen LogP contribution >= 0.6 is 11.6 Å². The Morgan fingerprint density at radius 3 is 2.32 bits per heavy atom. The van der Waals surface area contributed by atoms with Crippen molar-refractivity contribution in [3.05, 3.63) is 71.3 Å². The summed E-state index contributed by atoms with van der Waals surface area (Å²) < 4.78 is 5.37. The number of hydrogen-bond acceptors (Lipinski definition) is 4. The first kappa shape index (κ1) is 21.4. The predicted octanol–water partition coefficient (Wildman–Crippen LogP) is 3.95. The second-order valence-corrected chi connectivity index (χ2v) is 10.2. The number of nitrogens with zero attached hydrogens (tertiary/aromatic N) is 1. The maximum Gasteiger partial charge on any atom is 0.248 e. The molecule has 174 valence electrons. The number of carbonyl (C=O) groups excluding carboxylic acids is 3. The van der Waals surface area contributed by atoms with Gasteiger partial charge in [-0.15, -0.1) is 0 Å². The van der Waals surface area contributed by atoms with E-state index in [1.807, 2.05) is 30.3 Å². The number of imide groups is 1. The summed E-state index contributed by atoms with van der Waals surface area (Å²) in [4.78, 5) is 42.3. The molecule has 3 fully saturated rings. The Bertz CT molecular complexity index is 1180. The predicted molar refractivity (Wildman–Crippen MR) is 127 cm³/mol. The van der Waals surface area contributed by atoms with Gasteiger partial charge in [0.15, 0.2) is 0 Å². The maximum atomic E-state index is 13.7. The summed E-state index contributed by atoms with van der Waals surface area (Å²) in [5.74, 6) is 0.111. The molecule has 1 saturated heterocycles. The van der Waals surface area contributed by atoms with Crippen molar-refractivity contribution in [1.29, 1.82) is 0 Å². The van der Waals surface area contributed by atoms with Gasteiger partial charge in [-0.2, -0.15) is 0 Å². The summed E-state index contributed by atoms with van der Waals surface area (Å²) in [7, 11) is 1.51. The van der Waals surface area contributed by atoms with Gasteiger partial charge in [-0.05, 0) is 53.9 Å². The highest BCUT2D eigenvalue weighted by Gasteiger charge is 2.67. The Kier molecular flexibility index (Phi) is 5.03. The highest BCUT2D eigenvalue weighted by molar-refractivity contribution is 6.31. The van der Waals surface area contributed by atoms with Crippen LogP contribution in [0.25, 0.3) is 0 Å². The van der Waals surface area contributed by atoms with Crippen LogP contribution in [-0.2, 0) is 20.8 Å². The van der Waals surface area contributed by atoms with Crippen LogP contribution in [-0.4, -0.2) is 35.8 Å². The fraction of sp³-hybridized carbons (Fsp3) is 0.370. The average molecular weight is 477 g/mol. The Balaban J connectivity index is 1.34. The third kappa shape index (κ3) is 3.27. The van der Waals surface area contributed by atoms with E-state index in [0.29, 0.717) is 28.3 Å². The van der Waals surface area contributed by atoms with E-state index in [-0.39, 0.29) is 41.9 Å². The molecule has 3 amide bonds. The lowest BCUT2D eigenvalue weighted by Crippen LogP contribution is -2.49. The van der Waals surface area contributed by atoms with Gasteiger partial charge >= 0.3 is 0 Å². The number of rotatable bonds is 6. The third-order valence-electron chi connectivity index (χ3n) is 8.00. The zero-order valence-electron chi connectivity index (χ0n) is 18.7. The zero-order chi connectivity index (χ0) is 23.6. The third-order valence-corrected chi connectivity index (χ3v) is 8.24. The molecule has 7 rings (SSSR count). The van der Waals surface area contributed by atoms with Crippen LogP contribution in [0.5, 0.6) is 5.75 Å². The summed E-state index contributed by atoms with van der Waals surface area (Å²) in [6.07, 6.45) is 5.61. The molecule has 6 nitrogen and oxygen atoms in total. The molecule has 1 aliphatic heterocycles. The highest BCUT2D eigenvalue weighted by Crippen LogP contribution is 2.65. The SMILES string of the molecule is COc1ccc(Cl)cc1NC(=O)[C@@H](Cc1ccccc1)N1C(=O)[C@H]2[C@@H]3C=C[C@H]([C@H]4C[C@H]34)[C@@H]2C1=O. The summed E-state index contributed by atoms with van der Waals surface area (Å²) in [5, 5.41) is 3.31. The Labute approximate surface area is 202 Å². The van der Waals surface area contributed by atoms with Crippen molar-refractivity contribution in [2.24, 2.45) is 35.5 Å². The number of carbonyl (C=O) groups is 3. The number of methoxy groups -OCH3 is 1. The van der Waals surface area contributed by atoms with E-state index in [1.54, 1.807) is 18.2 Å². The number of halogens is 1. The summed E-state index contributed by atoms with van der Waals surface area (Å²) >= 11 is 6.15. The van der Waals surface area contributed by atoms with Crippen molar-refractivity contribution in [2.45, 2.75) is 18.9 Å². The van der Waals surface area contributed by atoms with E-state index in [9.17, 15) is 14.4 Å². The van der Waals surface area contributed by atoms with E-state index in [0.717, 1.165) is 12.0 Å². The normalized spacial score (nSPS) is 31.2. The molecule has 2 aromatic rings. The molecule has 2 bridgehead atoms. The van der Waals surface area contributed by atoms with Crippen LogP contribution in [0.15, 0.2) is 60.7 Å². The van der Waals surface area contributed by atoms with Crippen LogP contribution in [0.4, 0.5) is 5.69 Å². The van der Waals surface area contributed by atoms with Crippen molar-refractivity contribution in [1.82, 2.24) is 4.90 Å². The lowest BCUT2D eigenvalue weighted by Gasteiger charge is -2.37. The number of nitrogens with one attached hydrogen (secondary N) is 1. The summed E-state index contributed by atoms with van der Waals surface area (Å²) in [5.41, 5.74) is 1.28. The molecule has 34 heavy (non-hydrogen) atoms. The summed E-state index contributed by atoms with van der Waals surface area (Å²) in [6, 6.07) is 13.4. The first-order chi connectivity index (χ1) is 16.5. The topological polar surface area (TPSA) is 75.7 Å². The molecule has 5 aliphatic rings. The molecule has 7 heteroatoms. The number of amides is 3. The molecule has 2 aromatic carbocycles. The second kappa shape index (κ2) is 7.98. The quantitative estimate of drug-likeness (QED) is 0.506. The van der Waals surface area contributed by atoms with Gasteiger partial charge in [0.25, 0.3) is 0 Å². The van der Waals surface area contributed by atoms with Crippen LogP contribution in [0, 0.1) is 35.5 Å². The Morgan fingerprint density at radius 2 is 1.71 bits per heavy atom. The van der Waals surface area contributed by atoms with Gasteiger partial charge < -0.3 is 10.1 Å². The zero-order valence-corrected chi connectivity index (χ0v) is 19.4. The standard InChI is InChI=1S/C27H25ClN2O4/c1-34-22-10-7-15(28)12-20(22)29-25(31)21(11-14-5-3-2-4-6-14)30-26(32)23-16-8-9-17(19-13-18(16)19)24(23)27(30)33/h2-10,12,16-19,21,23-24H,11,13H2,1H3,(H,29,31)/t16-,17-,18-,19-,21-,23+,24+/m1/s1. The van der Waals surface area contributed by atoms with Gasteiger partial charge in [-0.25, -0.2) is 0 Å². The van der Waals surface area contributed by atoms with E-state index in [4.69, 9.17) is 16.3 Å². The van der Waals surface area contributed by atoms with Gasteiger partial charge in [0.2, 0.25) is 17.7 Å². The highest BCUT2D eigenvalue weighted by atomic mass is 35.5. The molecular weight excluding hydrogens is 452 g/mol. The van der Waals surface area contributed by atoms with Crippen molar-refractivity contribution in [3.63, 3.8) is 0 Å². The fourth-order valence-electron chi connectivity index (χ4n) is 6.42. The van der Waals surface area contributed by atoms with E-state index in [2.05, 4.69) is 17.5 Å².